The molecule has 1 saturated carbocycles. The third-order valence-corrected chi connectivity index (χ3v) is 9.43. The molecule has 0 bridgehead atoms. The van der Waals surface area contributed by atoms with Crippen molar-refractivity contribution in [2.24, 2.45) is 27.7 Å². The maximum absolute atomic E-state index is 14.5. The van der Waals surface area contributed by atoms with Crippen LogP contribution in [0.2, 0.25) is 0 Å². The molecule has 1 heterocycles. The van der Waals surface area contributed by atoms with Crippen LogP contribution in [0, 0.1) is 22.7 Å². The molecule has 0 aromatic heterocycles. The number of imide groups is 1. The average molecular weight is 727 g/mol. The predicted octanol–water partition coefficient (Wildman–Crippen LogP) is 4.50. The van der Waals surface area contributed by atoms with E-state index in [0.717, 1.165) is 18.4 Å². The summed E-state index contributed by atoms with van der Waals surface area (Å²) in [6.45, 7) is 22.2. The summed E-state index contributed by atoms with van der Waals surface area (Å²) >= 11 is 0. The van der Waals surface area contributed by atoms with Crippen LogP contribution in [0.5, 0.6) is 0 Å². The van der Waals surface area contributed by atoms with Crippen molar-refractivity contribution in [1.82, 2.24) is 25.8 Å². The fourth-order valence-electron chi connectivity index (χ4n) is 5.93. The number of hydrogen-bond donors (Lipinski definition) is 3. The van der Waals surface area contributed by atoms with Crippen LogP contribution in [0.3, 0.4) is 0 Å². The van der Waals surface area contributed by atoms with Gasteiger partial charge < -0.3 is 20.9 Å². The van der Waals surface area contributed by atoms with Crippen molar-refractivity contribution in [3.05, 3.63) is 24.3 Å². The van der Waals surface area contributed by atoms with Gasteiger partial charge in [0, 0.05) is 32.5 Å². The van der Waals surface area contributed by atoms with Gasteiger partial charge in [0.05, 0.1) is 11.8 Å². The Labute approximate surface area is 309 Å². The van der Waals surface area contributed by atoms with Crippen LogP contribution >= 0.6 is 0 Å². The molecule has 13 nitrogen and oxygen atoms in total. The van der Waals surface area contributed by atoms with Gasteiger partial charge in [0.15, 0.2) is 0 Å². The zero-order chi connectivity index (χ0) is 39.6. The van der Waals surface area contributed by atoms with E-state index in [0.29, 0.717) is 12.8 Å². The van der Waals surface area contributed by atoms with Gasteiger partial charge in [0.2, 0.25) is 17.7 Å². The Hall–Kier alpha value is -4.16. The Morgan fingerprint density at radius 2 is 1.50 bits per heavy atom. The number of carbonyl (C=O) groups excluding carboxylic acids is 7. The van der Waals surface area contributed by atoms with Gasteiger partial charge in [-0.15, -0.1) is 6.58 Å². The number of hydrogen-bond acceptors (Lipinski definition) is 7. The number of allylic oxidation sites excluding steroid dienone is 2. The van der Waals surface area contributed by atoms with E-state index in [1.165, 1.54) is 15.9 Å². The van der Waals surface area contributed by atoms with Gasteiger partial charge in [-0.25, -0.2) is 9.79 Å². The van der Waals surface area contributed by atoms with Crippen LogP contribution in [0.25, 0.3) is 0 Å². The minimum Gasteiger partial charge on any atom is -0.346 e. The van der Waals surface area contributed by atoms with E-state index in [2.05, 4.69) is 27.5 Å². The number of amides is 7. The Morgan fingerprint density at radius 1 is 0.904 bits per heavy atom. The second-order valence-electron chi connectivity index (χ2n) is 16.4. The number of nitrogens with zero attached hydrogens (tertiary/aromatic N) is 3. The Kier molecular flexibility index (Phi) is 16.1. The monoisotopic (exact) mass is 726 g/mol. The summed E-state index contributed by atoms with van der Waals surface area (Å²) in [6.07, 6.45) is 6.59. The quantitative estimate of drug-likeness (QED) is 0.119. The van der Waals surface area contributed by atoms with Crippen molar-refractivity contribution in [3.63, 3.8) is 0 Å². The highest BCUT2D eigenvalue weighted by Crippen LogP contribution is 2.34. The predicted molar refractivity (Wildman–Crippen MR) is 201 cm³/mol. The molecular formula is C39H62N6O7. The van der Waals surface area contributed by atoms with Gasteiger partial charge in [0.1, 0.15) is 12.1 Å². The van der Waals surface area contributed by atoms with Crippen molar-refractivity contribution in [3.8, 4) is 0 Å². The standard InChI is InChI=1S/C39H62N6O7/c1-12-19-40-35(50)32(48)27(20-25-17-18-25)41-34(49)28-21-26(16-15-24(4)5)22-44(28)36(51)33(39(9,10)11)43-37(52)42-29(38(6,7)8)23-45(30(46)13-2)31(47)14-3/h12,15,25-26,28-29,33H,1,13-14,16-23H2,2-11H3,(H,40,50)(H2,42,43,52)/t26?,28-,29+,33+/m0/s1. The summed E-state index contributed by atoms with van der Waals surface area (Å²) in [5, 5.41) is 8.21. The number of ketones is 1. The van der Waals surface area contributed by atoms with Crippen LogP contribution in [-0.2, 0) is 28.8 Å². The molecule has 1 saturated heterocycles. The number of rotatable bonds is 16. The summed E-state index contributed by atoms with van der Waals surface area (Å²) in [6, 6.07) is -3.40. The molecule has 13 heteroatoms. The largest absolute Gasteiger partial charge is 0.346 e. The van der Waals surface area contributed by atoms with Gasteiger partial charge in [-0.2, -0.15) is 0 Å². The number of aliphatic imine (C=N–C) groups is 1. The maximum Gasteiger partial charge on any atom is 0.315 e. The number of nitrogens with one attached hydrogen (secondary N) is 3. The van der Waals surface area contributed by atoms with E-state index in [1.54, 1.807) is 34.6 Å². The van der Waals surface area contributed by atoms with E-state index in [1.807, 2.05) is 40.7 Å². The van der Waals surface area contributed by atoms with Crippen LogP contribution in [0.1, 0.15) is 114 Å². The fourth-order valence-corrected chi connectivity index (χ4v) is 5.93. The molecule has 0 aromatic carbocycles. The first-order valence-electron chi connectivity index (χ1n) is 18.5. The summed E-state index contributed by atoms with van der Waals surface area (Å²) in [7, 11) is 0. The number of likely N-dealkylation sites (tertiary alicyclic amines) is 1. The molecule has 0 aromatic rings. The van der Waals surface area contributed by atoms with Gasteiger partial charge in [-0.3, -0.25) is 33.7 Å². The first kappa shape index (κ1) is 44.0. The zero-order valence-electron chi connectivity index (χ0n) is 33.0. The third-order valence-electron chi connectivity index (χ3n) is 9.43. The fraction of sp³-hybridized carbons (Fsp3) is 0.692. The lowest BCUT2D eigenvalue weighted by molar-refractivity contribution is -0.145. The summed E-state index contributed by atoms with van der Waals surface area (Å²) in [4.78, 5) is 100. The van der Waals surface area contributed by atoms with E-state index >= 15 is 0 Å². The van der Waals surface area contributed by atoms with E-state index in [9.17, 15) is 33.6 Å². The van der Waals surface area contributed by atoms with Crippen LogP contribution in [0.4, 0.5) is 4.79 Å². The Bertz CT molecular complexity index is 1410. The minimum atomic E-state index is -1.09. The van der Waals surface area contributed by atoms with Gasteiger partial charge in [-0.1, -0.05) is 73.1 Å². The lowest BCUT2D eigenvalue weighted by atomic mass is 9.85. The van der Waals surface area contributed by atoms with Gasteiger partial charge in [0.25, 0.3) is 17.6 Å². The molecule has 4 atom stereocenters. The third kappa shape index (κ3) is 13.1. The Morgan fingerprint density at radius 3 is 1.98 bits per heavy atom. The van der Waals surface area contributed by atoms with Crippen molar-refractivity contribution < 1.29 is 33.6 Å². The molecule has 2 fully saturated rings. The Balaban J connectivity index is 2.45. The highest BCUT2D eigenvalue weighted by atomic mass is 16.2. The zero-order valence-corrected chi connectivity index (χ0v) is 33.0. The molecule has 2 aliphatic rings. The molecule has 1 aliphatic heterocycles. The van der Waals surface area contributed by atoms with Gasteiger partial charge in [-0.05, 0) is 68.6 Å². The number of carbonyl (C=O) groups is 7. The molecular weight excluding hydrogens is 664 g/mol. The molecule has 1 aliphatic carbocycles. The van der Waals surface area contributed by atoms with Crippen molar-refractivity contribution >= 4 is 47.1 Å². The van der Waals surface area contributed by atoms with Crippen LogP contribution in [-0.4, -0.2) is 94.6 Å². The summed E-state index contributed by atoms with van der Waals surface area (Å²) < 4.78 is 0. The minimum absolute atomic E-state index is 0.0370. The van der Waals surface area contributed by atoms with Crippen molar-refractivity contribution in [2.75, 3.05) is 19.6 Å². The van der Waals surface area contributed by atoms with Crippen molar-refractivity contribution in [2.45, 2.75) is 132 Å². The lowest BCUT2D eigenvalue weighted by Crippen LogP contribution is -2.61. The van der Waals surface area contributed by atoms with E-state index in [4.69, 9.17) is 0 Å². The normalized spacial score (nSPS) is 18.8. The molecule has 290 valence electrons. The highest BCUT2D eigenvalue weighted by Gasteiger charge is 2.45. The summed E-state index contributed by atoms with van der Waals surface area (Å²) in [5.74, 6) is -3.53. The second kappa shape index (κ2) is 19.1. The van der Waals surface area contributed by atoms with Crippen LogP contribution < -0.4 is 16.0 Å². The van der Waals surface area contributed by atoms with E-state index in [-0.39, 0.29) is 68.3 Å². The first-order chi connectivity index (χ1) is 24.1. The molecule has 2 rings (SSSR count). The molecule has 0 spiro atoms. The maximum atomic E-state index is 14.5. The van der Waals surface area contributed by atoms with Crippen LogP contribution in [0.15, 0.2) is 29.3 Å². The lowest BCUT2D eigenvalue weighted by Gasteiger charge is -2.38. The SMILES string of the molecule is C=CCNC(=O)C(=O)C(CC1CC1)=NC(=O)[C@@H]1CC(CC=C(C)C)CN1C(=O)[C@@H](NC(=O)N[C@H](CN(C(=O)CC)C(=O)CC)C(C)(C)C)C(C)(C)C. The average Bonchev–Trinajstić information content (AvgIpc) is 3.78. The van der Waals surface area contributed by atoms with Crippen molar-refractivity contribution in [1.29, 1.82) is 0 Å². The second-order valence-corrected chi connectivity index (χ2v) is 16.4. The molecule has 3 N–H and O–H groups in total. The van der Waals surface area contributed by atoms with E-state index < -0.39 is 58.5 Å². The number of urea groups is 1. The molecule has 1 unspecified atom stereocenters. The number of Topliss-reactive ketones (excluding diaryl/α,β-unsaturated/α-hetero) is 1. The van der Waals surface area contributed by atoms with Gasteiger partial charge >= 0.3 is 6.03 Å². The molecule has 0 radical (unpaired) electrons. The topological polar surface area (TPSA) is 174 Å². The first-order valence-corrected chi connectivity index (χ1v) is 18.5. The highest BCUT2D eigenvalue weighted by molar-refractivity contribution is 6.65. The molecule has 7 amide bonds. The molecule has 52 heavy (non-hydrogen) atoms. The summed E-state index contributed by atoms with van der Waals surface area (Å²) in [5.41, 5.74) is -0.406. The smallest absolute Gasteiger partial charge is 0.315 e.